The fourth-order valence-electron chi connectivity index (χ4n) is 2.86. The largest absolute Gasteiger partial charge is 0.495 e. The first-order valence-electron chi connectivity index (χ1n) is 9.21. The van der Waals surface area contributed by atoms with E-state index in [-0.39, 0.29) is 18.3 Å². The van der Waals surface area contributed by atoms with Gasteiger partial charge in [0.2, 0.25) is 5.82 Å². The molecule has 0 bridgehead atoms. The third kappa shape index (κ3) is 4.38. The number of thioether (sulfide) groups is 1. The number of benzene rings is 2. The van der Waals surface area contributed by atoms with E-state index in [1.54, 1.807) is 25.5 Å². The second kappa shape index (κ2) is 9.32. The summed E-state index contributed by atoms with van der Waals surface area (Å²) in [6.07, 6.45) is 1.57. The molecule has 0 atom stereocenters. The lowest BCUT2D eigenvalue weighted by Gasteiger charge is -2.12. The van der Waals surface area contributed by atoms with Crippen molar-refractivity contribution in [1.29, 1.82) is 0 Å². The van der Waals surface area contributed by atoms with Crippen molar-refractivity contribution < 1.29 is 18.7 Å². The minimum atomic E-state index is -0.335. The Hall–Kier alpha value is -3.52. The third-order valence-corrected chi connectivity index (χ3v) is 5.17. The van der Waals surface area contributed by atoms with Gasteiger partial charge in [0, 0.05) is 0 Å². The molecule has 0 N–H and O–H groups in total. The van der Waals surface area contributed by atoms with Crippen molar-refractivity contribution in [3.05, 3.63) is 78.6 Å². The Balaban J connectivity index is 1.55. The molecule has 2 heterocycles. The van der Waals surface area contributed by atoms with Crippen LogP contribution in [0.1, 0.15) is 5.56 Å². The van der Waals surface area contributed by atoms with Crippen LogP contribution < -0.4 is 4.74 Å². The Bertz CT molecular complexity index is 1110. The van der Waals surface area contributed by atoms with Crippen molar-refractivity contribution in [1.82, 2.24) is 14.8 Å². The van der Waals surface area contributed by atoms with Crippen LogP contribution in [-0.4, -0.2) is 33.6 Å². The van der Waals surface area contributed by atoms with Crippen LogP contribution in [0.5, 0.6) is 5.75 Å². The van der Waals surface area contributed by atoms with E-state index in [4.69, 9.17) is 13.9 Å². The second-order valence-corrected chi connectivity index (χ2v) is 7.17. The van der Waals surface area contributed by atoms with E-state index in [2.05, 4.69) is 10.2 Å². The number of furan rings is 1. The zero-order chi connectivity index (χ0) is 20.8. The molecule has 152 valence electrons. The van der Waals surface area contributed by atoms with Gasteiger partial charge < -0.3 is 13.9 Å². The summed E-state index contributed by atoms with van der Waals surface area (Å²) < 4.78 is 18.2. The third-order valence-electron chi connectivity index (χ3n) is 4.26. The molecule has 4 rings (SSSR count). The summed E-state index contributed by atoms with van der Waals surface area (Å²) in [6, 6.07) is 20.7. The average Bonchev–Trinajstić information content (AvgIpc) is 3.46. The second-order valence-electron chi connectivity index (χ2n) is 6.23. The maximum atomic E-state index is 12.3. The first-order chi connectivity index (χ1) is 14.8. The van der Waals surface area contributed by atoms with Crippen LogP contribution in [0.3, 0.4) is 0 Å². The predicted octanol–water partition coefficient (Wildman–Crippen LogP) is 4.37. The van der Waals surface area contributed by atoms with Crippen LogP contribution in [0.15, 0.2) is 82.6 Å². The monoisotopic (exact) mass is 421 g/mol. The topological polar surface area (TPSA) is 79.4 Å². The zero-order valence-electron chi connectivity index (χ0n) is 16.2. The van der Waals surface area contributed by atoms with E-state index in [1.807, 2.05) is 59.2 Å². The smallest absolute Gasteiger partial charge is 0.316 e. The zero-order valence-corrected chi connectivity index (χ0v) is 17.0. The fraction of sp³-hybridized carbons (Fsp3) is 0.136. The van der Waals surface area contributed by atoms with Gasteiger partial charge in [0.05, 0.1) is 24.8 Å². The highest BCUT2D eigenvalue weighted by Gasteiger charge is 2.21. The molecule has 0 aliphatic carbocycles. The summed E-state index contributed by atoms with van der Waals surface area (Å²) in [7, 11) is 1.60. The average molecular weight is 421 g/mol. The van der Waals surface area contributed by atoms with E-state index in [0.29, 0.717) is 22.5 Å². The molecule has 0 aliphatic heterocycles. The Morgan fingerprint density at radius 2 is 1.83 bits per heavy atom. The number of esters is 1. The molecule has 8 heteroatoms. The van der Waals surface area contributed by atoms with Crippen LogP contribution in [-0.2, 0) is 16.1 Å². The van der Waals surface area contributed by atoms with E-state index in [9.17, 15) is 4.79 Å². The van der Waals surface area contributed by atoms with Crippen molar-refractivity contribution in [2.24, 2.45) is 0 Å². The van der Waals surface area contributed by atoms with Crippen molar-refractivity contribution >= 4 is 17.7 Å². The molecule has 4 aromatic rings. The molecule has 0 fully saturated rings. The van der Waals surface area contributed by atoms with Crippen LogP contribution in [0.2, 0.25) is 0 Å². The summed E-state index contributed by atoms with van der Waals surface area (Å²) in [6.45, 7) is 0.233. The Morgan fingerprint density at radius 3 is 2.60 bits per heavy atom. The van der Waals surface area contributed by atoms with Crippen molar-refractivity contribution in [3.63, 3.8) is 0 Å². The Morgan fingerprint density at radius 1 is 1.03 bits per heavy atom. The lowest BCUT2D eigenvalue weighted by molar-refractivity contribution is -0.141. The normalized spacial score (nSPS) is 10.7. The first kappa shape index (κ1) is 19.8. The molecule has 0 amide bonds. The number of para-hydroxylation sites is 2. The molecular weight excluding hydrogens is 402 g/mol. The maximum Gasteiger partial charge on any atom is 0.316 e. The van der Waals surface area contributed by atoms with Gasteiger partial charge in [-0.1, -0.05) is 54.2 Å². The van der Waals surface area contributed by atoms with Crippen LogP contribution in [0.4, 0.5) is 0 Å². The number of hydrogen-bond acceptors (Lipinski definition) is 7. The minimum Gasteiger partial charge on any atom is -0.495 e. The fourth-order valence-corrected chi connectivity index (χ4v) is 3.61. The number of carbonyl (C=O) groups is 1. The summed E-state index contributed by atoms with van der Waals surface area (Å²) in [4.78, 5) is 12.3. The molecule has 7 nitrogen and oxygen atoms in total. The van der Waals surface area contributed by atoms with Gasteiger partial charge in [0.1, 0.15) is 12.4 Å². The van der Waals surface area contributed by atoms with Gasteiger partial charge in [0.15, 0.2) is 10.9 Å². The van der Waals surface area contributed by atoms with Crippen molar-refractivity contribution in [2.45, 2.75) is 11.8 Å². The molecule has 0 unspecified atom stereocenters. The number of rotatable bonds is 8. The van der Waals surface area contributed by atoms with E-state index >= 15 is 0 Å². The van der Waals surface area contributed by atoms with E-state index < -0.39 is 0 Å². The molecule has 2 aromatic heterocycles. The lowest BCUT2D eigenvalue weighted by atomic mass is 10.2. The van der Waals surface area contributed by atoms with Crippen LogP contribution in [0, 0.1) is 0 Å². The van der Waals surface area contributed by atoms with Crippen LogP contribution >= 0.6 is 11.8 Å². The molecule has 0 radical (unpaired) electrons. The molecule has 2 aromatic carbocycles. The molecule has 0 spiro atoms. The molecule has 0 aliphatic rings. The number of aromatic nitrogens is 3. The number of carbonyl (C=O) groups excluding carboxylic acids is 1. The molecule has 30 heavy (non-hydrogen) atoms. The number of methoxy groups -OCH3 is 1. The van der Waals surface area contributed by atoms with Gasteiger partial charge in [0.25, 0.3) is 0 Å². The van der Waals surface area contributed by atoms with E-state index in [1.165, 1.54) is 11.8 Å². The first-order valence-corrected chi connectivity index (χ1v) is 10.2. The summed E-state index contributed by atoms with van der Waals surface area (Å²) in [5.74, 6) is 1.49. The highest BCUT2D eigenvalue weighted by atomic mass is 32.2. The van der Waals surface area contributed by atoms with Gasteiger partial charge in [-0.25, -0.2) is 0 Å². The highest BCUT2D eigenvalue weighted by molar-refractivity contribution is 7.99. The number of hydrogen-bond donors (Lipinski definition) is 0. The van der Waals surface area contributed by atoms with Gasteiger partial charge in [-0.05, 0) is 29.8 Å². The highest BCUT2D eigenvalue weighted by Crippen LogP contribution is 2.32. The summed E-state index contributed by atoms with van der Waals surface area (Å²) >= 11 is 1.24. The standard InChI is InChI=1S/C22H19N3O4S/c1-27-18-11-6-5-10-17(18)25-21(19-12-7-13-28-19)23-24-22(25)30-15-20(26)29-14-16-8-3-2-4-9-16/h2-13H,14-15H2,1H3. The lowest BCUT2D eigenvalue weighted by Crippen LogP contribution is -2.09. The van der Waals surface area contributed by atoms with Gasteiger partial charge >= 0.3 is 5.97 Å². The molecular formula is C22H19N3O4S. The van der Waals surface area contributed by atoms with Gasteiger partial charge in [-0.3, -0.25) is 9.36 Å². The minimum absolute atomic E-state index is 0.0955. The van der Waals surface area contributed by atoms with Crippen molar-refractivity contribution in [2.75, 3.05) is 12.9 Å². The van der Waals surface area contributed by atoms with Crippen LogP contribution in [0.25, 0.3) is 17.3 Å². The molecule has 0 saturated carbocycles. The quantitative estimate of drug-likeness (QED) is 0.309. The maximum absolute atomic E-state index is 12.3. The number of ether oxygens (including phenoxy) is 2. The van der Waals surface area contributed by atoms with Crippen molar-refractivity contribution in [3.8, 4) is 23.0 Å². The Labute approximate surface area is 177 Å². The molecule has 0 saturated heterocycles. The predicted molar refractivity (Wildman–Crippen MR) is 113 cm³/mol. The van der Waals surface area contributed by atoms with Gasteiger partial charge in [-0.2, -0.15) is 0 Å². The number of nitrogens with zero attached hydrogens (tertiary/aromatic N) is 3. The summed E-state index contributed by atoms with van der Waals surface area (Å²) in [5.41, 5.74) is 1.68. The summed E-state index contributed by atoms with van der Waals surface area (Å²) in [5, 5.41) is 9.07. The Kier molecular flexibility index (Phi) is 6.14. The SMILES string of the molecule is COc1ccccc1-n1c(SCC(=O)OCc2ccccc2)nnc1-c1ccco1. The van der Waals surface area contributed by atoms with E-state index in [0.717, 1.165) is 11.3 Å². The van der Waals surface area contributed by atoms with Gasteiger partial charge in [-0.15, -0.1) is 10.2 Å².